The number of carbonyl (C=O) groups excluding carboxylic acids is 3. The van der Waals surface area contributed by atoms with E-state index in [9.17, 15) is 14.4 Å². The van der Waals surface area contributed by atoms with Crippen molar-refractivity contribution in [2.75, 3.05) is 17.2 Å². The molecule has 2 aliphatic heterocycles. The summed E-state index contributed by atoms with van der Waals surface area (Å²) in [4.78, 5) is 45.8. The Morgan fingerprint density at radius 3 is 2.77 bits per heavy atom. The molecule has 2 aromatic rings. The highest BCUT2D eigenvalue weighted by Crippen LogP contribution is 2.33. The summed E-state index contributed by atoms with van der Waals surface area (Å²) in [5.41, 5.74) is 0.782. The second kappa shape index (κ2) is 6.92. The maximum atomic E-state index is 13.1. The van der Waals surface area contributed by atoms with Crippen LogP contribution in [0.4, 0.5) is 5.69 Å². The lowest BCUT2D eigenvalue weighted by Gasteiger charge is -2.24. The average Bonchev–Trinajstić information content (AvgIpc) is 3.14. The number of pyridine rings is 1. The van der Waals surface area contributed by atoms with Gasteiger partial charge in [0.1, 0.15) is 6.04 Å². The van der Waals surface area contributed by atoms with Gasteiger partial charge in [0.2, 0.25) is 5.91 Å². The van der Waals surface area contributed by atoms with Crippen molar-refractivity contribution in [1.82, 2.24) is 9.88 Å². The molecule has 0 saturated carbocycles. The van der Waals surface area contributed by atoms with Crippen molar-refractivity contribution < 1.29 is 14.4 Å². The summed E-state index contributed by atoms with van der Waals surface area (Å²) in [5, 5.41) is 0.718. The molecular formula is C19H17N3O3S. The van der Waals surface area contributed by atoms with Gasteiger partial charge in [0.15, 0.2) is 0 Å². The summed E-state index contributed by atoms with van der Waals surface area (Å²) < 4.78 is 0. The van der Waals surface area contributed by atoms with Gasteiger partial charge in [-0.3, -0.25) is 14.4 Å². The Kier molecular flexibility index (Phi) is 4.46. The summed E-state index contributed by atoms with van der Waals surface area (Å²) in [7, 11) is 0. The number of thioether (sulfide) groups is 1. The van der Waals surface area contributed by atoms with E-state index in [0.717, 1.165) is 11.4 Å². The summed E-state index contributed by atoms with van der Waals surface area (Å²) >= 11 is 1.28. The van der Waals surface area contributed by atoms with Gasteiger partial charge in [-0.05, 0) is 37.1 Å². The van der Waals surface area contributed by atoms with E-state index in [1.807, 2.05) is 12.1 Å². The van der Waals surface area contributed by atoms with Crippen LogP contribution >= 0.6 is 11.8 Å². The Bertz CT molecular complexity index is 871. The van der Waals surface area contributed by atoms with Crippen LogP contribution in [-0.4, -0.2) is 45.9 Å². The average molecular weight is 367 g/mol. The molecule has 2 aliphatic rings. The van der Waals surface area contributed by atoms with Gasteiger partial charge in [0.05, 0.1) is 22.0 Å². The molecule has 132 valence electrons. The van der Waals surface area contributed by atoms with Crippen LogP contribution in [-0.2, 0) is 9.59 Å². The number of amides is 3. The van der Waals surface area contributed by atoms with Crippen molar-refractivity contribution in [3.8, 4) is 0 Å². The topological polar surface area (TPSA) is 70.6 Å². The molecule has 1 aromatic heterocycles. The molecule has 0 unspecified atom stereocenters. The number of hydrogen-bond donors (Lipinski definition) is 0. The molecular weight excluding hydrogens is 350 g/mol. The fourth-order valence-corrected chi connectivity index (χ4v) is 4.14. The minimum absolute atomic E-state index is 0.0813. The van der Waals surface area contributed by atoms with Crippen molar-refractivity contribution >= 4 is 35.2 Å². The van der Waals surface area contributed by atoms with Crippen LogP contribution in [0.5, 0.6) is 0 Å². The molecule has 0 radical (unpaired) electrons. The molecule has 0 spiro atoms. The number of benzene rings is 1. The van der Waals surface area contributed by atoms with Gasteiger partial charge in [-0.15, -0.1) is 0 Å². The molecule has 0 bridgehead atoms. The van der Waals surface area contributed by atoms with Crippen molar-refractivity contribution in [2.24, 2.45) is 0 Å². The van der Waals surface area contributed by atoms with E-state index in [1.54, 1.807) is 41.4 Å². The number of anilines is 1. The zero-order valence-corrected chi connectivity index (χ0v) is 14.8. The Morgan fingerprint density at radius 2 is 1.96 bits per heavy atom. The second-order valence-corrected chi connectivity index (χ2v) is 7.19. The highest BCUT2D eigenvalue weighted by atomic mass is 32.2. The number of aromatic nitrogens is 1. The minimum atomic E-state index is -0.557. The minimum Gasteiger partial charge on any atom is -0.327 e. The molecule has 3 amide bonds. The van der Waals surface area contributed by atoms with Crippen LogP contribution in [0.25, 0.3) is 0 Å². The SMILES string of the molecule is O=C(CSc1ccccn1)N1C(=O)[C@@H]2CCCN2C(=O)c2ccccc21. The largest absolute Gasteiger partial charge is 0.327 e. The number of rotatable bonds is 3. The number of nitrogens with zero attached hydrogens (tertiary/aromatic N) is 3. The number of fused-ring (bicyclic) bond motifs is 2. The predicted octanol–water partition coefficient (Wildman–Crippen LogP) is 2.35. The summed E-state index contributed by atoms with van der Waals surface area (Å²) in [6, 6.07) is 11.7. The first-order valence-corrected chi connectivity index (χ1v) is 9.46. The van der Waals surface area contributed by atoms with E-state index in [1.165, 1.54) is 16.7 Å². The Labute approximate surface area is 155 Å². The first-order chi connectivity index (χ1) is 12.7. The third-order valence-electron chi connectivity index (χ3n) is 4.63. The zero-order chi connectivity index (χ0) is 18.1. The summed E-state index contributed by atoms with van der Waals surface area (Å²) in [6.45, 7) is 0.550. The molecule has 1 aromatic carbocycles. The van der Waals surface area contributed by atoms with Gasteiger partial charge in [0.25, 0.3) is 11.8 Å². The first kappa shape index (κ1) is 16.8. The van der Waals surface area contributed by atoms with Crippen LogP contribution in [0, 0.1) is 0 Å². The van der Waals surface area contributed by atoms with E-state index in [0.29, 0.717) is 24.2 Å². The van der Waals surface area contributed by atoms with Gasteiger partial charge in [-0.2, -0.15) is 0 Å². The summed E-state index contributed by atoms with van der Waals surface area (Å²) in [5.74, 6) is -0.742. The molecule has 1 atom stereocenters. The fraction of sp³-hybridized carbons (Fsp3) is 0.263. The molecule has 4 rings (SSSR count). The molecule has 7 heteroatoms. The van der Waals surface area contributed by atoms with Crippen LogP contribution in [0.2, 0.25) is 0 Å². The molecule has 3 heterocycles. The highest BCUT2D eigenvalue weighted by Gasteiger charge is 2.43. The van der Waals surface area contributed by atoms with Crippen molar-refractivity contribution in [2.45, 2.75) is 23.9 Å². The quantitative estimate of drug-likeness (QED) is 0.779. The van der Waals surface area contributed by atoms with E-state index >= 15 is 0 Å². The van der Waals surface area contributed by atoms with E-state index in [2.05, 4.69) is 4.98 Å². The monoisotopic (exact) mass is 367 g/mol. The standard InChI is InChI=1S/C19H17N3O3S/c23-17(12-26-16-9-3-4-10-20-16)22-14-7-2-1-6-13(14)18(24)21-11-5-8-15(21)19(22)25/h1-4,6-7,9-10,15H,5,8,11-12H2/t15-/m0/s1. The molecule has 26 heavy (non-hydrogen) atoms. The molecule has 1 fully saturated rings. The van der Waals surface area contributed by atoms with Crippen molar-refractivity contribution in [1.29, 1.82) is 0 Å². The maximum absolute atomic E-state index is 13.1. The van der Waals surface area contributed by atoms with Gasteiger partial charge >= 0.3 is 0 Å². The number of hydrogen-bond acceptors (Lipinski definition) is 5. The van der Waals surface area contributed by atoms with E-state index in [4.69, 9.17) is 0 Å². The highest BCUT2D eigenvalue weighted by molar-refractivity contribution is 7.99. The number of carbonyl (C=O) groups is 3. The van der Waals surface area contributed by atoms with Crippen LogP contribution in [0.15, 0.2) is 53.7 Å². The second-order valence-electron chi connectivity index (χ2n) is 6.20. The van der Waals surface area contributed by atoms with Gasteiger partial charge < -0.3 is 4.90 Å². The van der Waals surface area contributed by atoms with Crippen molar-refractivity contribution in [3.05, 3.63) is 54.2 Å². The lowest BCUT2D eigenvalue weighted by Crippen LogP contribution is -2.47. The van der Waals surface area contributed by atoms with Gasteiger partial charge in [0, 0.05) is 12.7 Å². The van der Waals surface area contributed by atoms with Crippen LogP contribution in [0.1, 0.15) is 23.2 Å². The smallest absolute Gasteiger partial charge is 0.256 e. The third-order valence-corrected chi connectivity index (χ3v) is 5.55. The Morgan fingerprint density at radius 1 is 1.15 bits per heavy atom. The van der Waals surface area contributed by atoms with E-state index < -0.39 is 6.04 Å². The number of imide groups is 1. The van der Waals surface area contributed by atoms with Crippen LogP contribution < -0.4 is 4.90 Å². The Hall–Kier alpha value is -2.67. The lowest BCUT2D eigenvalue weighted by atomic mass is 10.1. The Balaban J connectivity index is 1.66. The first-order valence-electron chi connectivity index (χ1n) is 8.47. The fourth-order valence-electron chi connectivity index (χ4n) is 3.43. The van der Waals surface area contributed by atoms with Crippen molar-refractivity contribution in [3.63, 3.8) is 0 Å². The third kappa shape index (κ3) is 2.88. The van der Waals surface area contributed by atoms with Gasteiger partial charge in [-0.1, -0.05) is 30.0 Å². The number of para-hydroxylation sites is 1. The predicted molar refractivity (Wildman–Crippen MR) is 98.0 cm³/mol. The molecule has 0 N–H and O–H groups in total. The van der Waals surface area contributed by atoms with Gasteiger partial charge in [-0.25, -0.2) is 9.88 Å². The summed E-state index contributed by atoms with van der Waals surface area (Å²) in [6.07, 6.45) is 3.03. The zero-order valence-electron chi connectivity index (χ0n) is 14.0. The van der Waals surface area contributed by atoms with E-state index in [-0.39, 0.29) is 23.5 Å². The maximum Gasteiger partial charge on any atom is 0.256 e. The van der Waals surface area contributed by atoms with Crippen LogP contribution in [0.3, 0.4) is 0 Å². The lowest BCUT2D eigenvalue weighted by molar-refractivity contribution is -0.127. The molecule has 1 saturated heterocycles. The molecule has 6 nitrogen and oxygen atoms in total. The normalized spacial score (nSPS) is 19.2. The molecule has 0 aliphatic carbocycles.